The van der Waals surface area contributed by atoms with Crippen molar-refractivity contribution in [3.05, 3.63) is 100 Å². The summed E-state index contributed by atoms with van der Waals surface area (Å²) >= 11 is 6.39. The number of nitrogens with zero attached hydrogens (tertiary/aromatic N) is 1. The van der Waals surface area contributed by atoms with Gasteiger partial charge in [0, 0.05) is 33.9 Å². The fraction of sp³-hybridized carbons (Fsp3) is 0.148. The van der Waals surface area contributed by atoms with Gasteiger partial charge in [-0.1, -0.05) is 41.9 Å². The number of hydrogen-bond acceptors (Lipinski definition) is 3. The fourth-order valence-electron chi connectivity index (χ4n) is 4.02. The molecule has 0 saturated carbocycles. The van der Waals surface area contributed by atoms with Gasteiger partial charge in [-0.3, -0.25) is 4.79 Å². The Kier molecular flexibility index (Phi) is 6.39. The third-order valence-corrected chi connectivity index (χ3v) is 7.38. The minimum atomic E-state index is -3.30. The summed E-state index contributed by atoms with van der Waals surface area (Å²) in [6.07, 6.45) is 1.15. The van der Waals surface area contributed by atoms with Crippen LogP contribution < -0.4 is 5.32 Å². The Labute approximate surface area is 204 Å². The summed E-state index contributed by atoms with van der Waals surface area (Å²) in [4.78, 5) is 13.3. The van der Waals surface area contributed by atoms with Gasteiger partial charge in [-0.05, 0) is 74.4 Å². The van der Waals surface area contributed by atoms with Crippen LogP contribution in [0.1, 0.15) is 27.3 Å². The summed E-state index contributed by atoms with van der Waals surface area (Å²) in [6.45, 7) is 5.84. The van der Waals surface area contributed by atoms with Crippen molar-refractivity contribution in [2.75, 3.05) is 11.6 Å². The van der Waals surface area contributed by atoms with E-state index in [1.807, 2.05) is 69.3 Å². The molecule has 0 aliphatic rings. The summed E-state index contributed by atoms with van der Waals surface area (Å²) in [5.41, 5.74) is 6.76. The van der Waals surface area contributed by atoms with Crippen LogP contribution in [0.2, 0.25) is 5.02 Å². The monoisotopic (exact) mass is 492 g/mol. The molecule has 1 heterocycles. The molecule has 0 radical (unpaired) electrons. The quantitative estimate of drug-likeness (QED) is 0.351. The van der Waals surface area contributed by atoms with Crippen molar-refractivity contribution in [1.82, 2.24) is 4.57 Å². The van der Waals surface area contributed by atoms with Crippen molar-refractivity contribution in [2.24, 2.45) is 0 Å². The van der Waals surface area contributed by atoms with Gasteiger partial charge in [0.25, 0.3) is 5.91 Å². The predicted octanol–water partition coefficient (Wildman–Crippen LogP) is 6.38. The average molecular weight is 493 g/mol. The molecular weight excluding hydrogens is 468 g/mol. The normalized spacial score (nSPS) is 11.4. The number of aromatic nitrogens is 1. The molecule has 0 aliphatic heterocycles. The van der Waals surface area contributed by atoms with Crippen molar-refractivity contribution in [1.29, 1.82) is 0 Å². The molecule has 4 aromatic rings. The lowest BCUT2D eigenvalue weighted by atomic mass is 10.0. The van der Waals surface area contributed by atoms with Gasteiger partial charge in [-0.2, -0.15) is 0 Å². The highest BCUT2D eigenvalue weighted by Crippen LogP contribution is 2.32. The Morgan fingerprint density at radius 1 is 0.912 bits per heavy atom. The first-order valence-corrected chi connectivity index (χ1v) is 13.0. The molecule has 1 aromatic heterocycles. The van der Waals surface area contributed by atoms with E-state index in [-0.39, 0.29) is 10.8 Å². The molecule has 5 nitrogen and oxygen atoms in total. The molecule has 0 fully saturated rings. The molecule has 4 rings (SSSR count). The molecule has 1 amide bonds. The average Bonchev–Trinajstić information content (AvgIpc) is 3.09. The molecule has 0 aliphatic carbocycles. The largest absolute Gasteiger partial charge is 0.322 e. The second-order valence-corrected chi connectivity index (χ2v) is 10.8. The van der Waals surface area contributed by atoms with E-state index in [1.165, 1.54) is 12.1 Å². The summed E-state index contributed by atoms with van der Waals surface area (Å²) in [6, 6.07) is 22.0. The number of halogens is 1. The smallest absolute Gasteiger partial charge is 0.257 e. The van der Waals surface area contributed by atoms with Crippen molar-refractivity contribution in [3.63, 3.8) is 0 Å². The van der Waals surface area contributed by atoms with Gasteiger partial charge in [0.15, 0.2) is 9.84 Å². The van der Waals surface area contributed by atoms with Gasteiger partial charge in [0.1, 0.15) is 0 Å². The summed E-state index contributed by atoms with van der Waals surface area (Å²) in [5, 5.41) is 3.57. The van der Waals surface area contributed by atoms with E-state index in [0.29, 0.717) is 16.3 Å². The van der Waals surface area contributed by atoms with Crippen LogP contribution in [-0.2, 0) is 9.84 Å². The lowest BCUT2D eigenvalue weighted by Crippen LogP contribution is -2.13. The summed E-state index contributed by atoms with van der Waals surface area (Å²) < 4.78 is 25.4. The van der Waals surface area contributed by atoms with Crippen LogP contribution in [-0.4, -0.2) is 25.1 Å². The van der Waals surface area contributed by atoms with E-state index in [2.05, 4.69) is 9.88 Å². The van der Waals surface area contributed by atoms with Crippen molar-refractivity contribution in [2.45, 2.75) is 25.7 Å². The van der Waals surface area contributed by atoms with Gasteiger partial charge >= 0.3 is 0 Å². The molecule has 0 unspecified atom stereocenters. The number of anilines is 1. The number of nitrogens with one attached hydrogen (secondary N) is 1. The third kappa shape index (κ3) is 4.65. The first kappa shape index (κ1) is 23.8. The Morgan fingerprint density at radius 2 is 1.59 bits per heavy atom. The van der Waals surface area contributed by atoms with Gasteiger partial charge in [-0.25, -0.2) is 8.42 Å². The van der Waals surface area contributed by atoms with Crippen LogP contribution in [0, 0.1) is 20.8 Å². The number of para-hydroxylation sites is 1. The van der Waals surface area contributed by atoms with Gasteiger partial charge in [0.05, 0.1) is 16.1 Å². The lowest BCUT2D eigenvalue weighted by molar-refractivity contribution is 0.102. The number of hydrogen-bond donors (Lipinski definition) is 1. The van der Waals surface area contributed by atoms with Crippen LogP contribution in [0.15, 0.2) is 77.7 Å². The zero-order chi connectivity index (χ0) is 24.6. The predicted molar refractivity (Wildman–Crippen MR) is 138 cm³/mol. The minimum absolute atomic E-state index is 0.205. The van der Waals surface area contributed by atoms with E-state index >= 15 is 0 Å². The molecular formula is C27H25ClN2O3S. The summed E-state index contributed by atoms with van der Waals surface area (Å²) in [7, 11) is -3.30. The maximum absolute atomic E-state index is 13.1. The Bertz CT molecular complexity index is 1500. The highest BCUT2D eigenvalue weighted by atomic mass is 35.5. The summed E-state index contributed by atoms with van der Waals surface area (Å²) in [5.74, 6) is -0.262. The second-order valence-electron chi connectivity index (χ2n) is 8.35. The van der Waals surface area contributed by atoms with Crippen LogP contribution in [0.3, 0.4) is 0 Å². The van der Waals surface area contributed by atoms with Crippen molar-refractivity contribution >= 4 is 33.0 Å². The van der Waals surface area contributed by atoms with Crippen molar-refractivity contribution < 1.29 is 13.2 Å². The lowest BCUT2D eigenvalue weighted by Gasteiger charge is -2.16. The van der Waals surface area contributed by atoms with E-state index in [9.17, 15) is 13.2 Å². The maximum Gasteiger partial charge on any atom is 0.257 e. The maximum atomic E-state index is 13.1. The second kappa shape index (κ2) is 9.12. The number of aryl methyl sites for hydroxylation is 2. The van der Waals surface area contributed by atoms with Gasteiger partial charge < -0.3 is 9.88 Å². The van der Waals surface area contributed by atoms with Crippen molar-refractivity contribution in [3.8, 4) is 16.8 Å². The molecule has 3 aromatic carbocycles. The molecule has 0 atom stereocenters. The van der Waals surface area contributed by atoms with E-state index < -0.39 is 9.84 Å². The first-order chi connectivity index (χ1) is 16.1. The van der Waals surface area contributed by atoms with Crippen LogP contribution in [0.4, 0.5) is 5.69 Å². The highest BCUT2D eigenvalue weighted by Gasteiger charge is 2.19. The van der Waals surface area contributed by atoms with Gasteiger partial charge in [0.2, 0.25) is 0 Å². The molecule has 1 N–H and O–H groups in total. The Hall–Kier alpha value is -3.35. The Balaban J connectivity index is 1.70. The number of carbonyl (C=O) groups excluding carboxylic acids is 1. The molecule has 174 valence electrons. The number of benzene rings is 3. The van der Waals surface area contributed by atoms with Crippen LogP contribution in [0.5, 0.6) is 0 Å². The van der Waals surface area contributed by atoms with E-state index in [0.717, 1.165) is 40.0 Å². The zero-order valence-corrected chi connectivity index (χ0v) is 21.0. The highest BCUT2D eigenvalue weighted by molar-refractivity contribution is 7.90. The van der Waals surface area contributed by atoms with Gasteiger partial charge in [-0.15, -0.1) is 0 Å². The van der Waals surface area contributed by atoms with E-state index in [4.69, 9.17) is 11.6 Å². The SMILES string of the molecule is Cc1ccc(-c2ccccc2-n2c(C)cc(C(=O)Nc3ccc(S(C)(=O)=O)cc3)c2C)cc1Cl. The molecule has 0 saturated heterocycles. The van der Waals surface area contributed by atoms with Crippen LogP contribution >= 0.6 is 11.6 Å². The minimum Gasteiger partial charge on any atom is -0.322 e. The fourth-order valence-corrected chi connectivity index (χ4v) is 4.83. The number of carbonyl (C=O) groups is 1. The topological polar surface area (TPSA) is 68.2 Å². The third-order valence-electron chi connectivity index (χ3n) is 5.84. The number of amides is 1. The molecule has 7 heteroatoms. The molecule has 0 bridgehead atoms. The zero-order valence-electron chi connectivity index (χ0n) is 19.4. The molecule has 0 spiro atoms. The van der Waals surface area contributed by atoms with Crippen LogP contribution in [0.25, 0.3) is 16.8 Å². The number of sulfone groups is 1. The van der Waals surface area contributed by atoms with E-state index in [1.54, 1.807) is 12.1 Å². The first-order valence-electron chi connectivity index (χ1n) is 10.7. The number of rotatable bonds is 5. The standard InChI is InChI=1S/C27H25ClN2O3S/c1-17-9-10-20(16-25(17)28)23-7-5-6-8-26(23)30-18(2)15-24(19(30)3)27(31)29-21-11-13-22(14-12-21)34(4,32)33/h5-16H,1-4H3,(H,29,31). The Morgan fingerprint density at radius 3 is 2.24 bits per heavy atom. The molecule has 34 heavy (non-hydrogen) atoms.